The van der Waals surface area contributed by atoms with Crippen LogP contribution in [-0.2, 0) is 18.4 Å². The number of hydrogen-bond acceptors (Lipinski definition) is 11. The topological polar surface area (TPSA) is 226 Å². The van der Waals surface area contributed by atoms with Gasteiger partial charge in [-0.15, -0.1) is 0 Å². The van der Waals surface area contributed by atoms with E-state index in [0.29, 0.717) is 12.8 Å². The highest BCUT2D eigenvalue weighted by molar-refractivity contribution is 7.47. The van der Waals surface area contributed by atoms with E-state index >= 15 is 0 Å². The second kappa shape index (κ2) is 37.5. The zero-order valence-electron chi connectivity index (χ0n) is 38.6. The molecule has 1 amide bonds. The Morgan fingerprint density at radius 3 is 1.18 bits per heavy atom. The van der Waals surface area contributed by atoms with Crippen LogP contribution >= 0.6 is 7.82 Å². The summed E-state index contributed by atoms with van der Waals surface area (Å²) in [5.74, 6) is -0.556. The lowest BCUT2D eigenvalue weighted by Gasteiger charge is -2.41. The summed E-state index contributed by atoms with van der Waals surface area (Å²) in [5.41, 5.74) is 0. The number of hydrogen-bond donors (Lipinski definition) is 9. The average molecular weight is 896 g/mol. The van der Waals surface area contributed by atoms with E-state index < -0.39 is 75.2 Å². The van der Waals surface area contributed by atoms with Crippen LogP contribution < -0.4 is 5.32 Å². The largest absolute Gasteiger partial charge is 0.472 e. The summed E-state index contributed by atoms with van der Waals surface area (Å²) in [4.78, 5) is 23.5. The van der Waals surface area contributed by atoms with Gasteiger partial charge in [-0.2, -0.15) is 0 Å². The van der Waals surface area contributed by atoms with E-state index in [1.165, 1.54) is 141 Å². The fraction of sp³-hybridized carbons (Fsp3) is 0.979. The molecular weight excluding hydrogens is 801 g/mol. The number of phosphoric ester groups is 1. The molecule has 61 heavy (non-hydrogen) atoms. The summed E-state index contributed by atoms with van der Waals surface area (Å²) < 4.78 is 23.0. The Bertz CT molecular complexity index is 1060. The van der Waals surface area contributed by atoms with Crippen molar-refractivity contribution in [3.63, 3.8) is 0 Å². The number of nitrogens with one attached hydrogen (secondary N) is 1. The third kappa shape index (κ3) is 29.5. The second-order valence-electron chi connectivity index (χ2n) is 18.2. The molecule has 0 radical (unpaired) electrons. The minimum atomic E-state index is -5.11. The van der Waals surface area contributed by atoms with Gasteiger partial charge in [0, 0.05) is 0 Å². The van der Waals surface area contributed by atoms with E-state index in [4.69, 9.17) is 9.05 Å². The number of aliphatic hydroxyl groups is 7. The van der Waals surface area contributed by atoms with Crippen LogP contribution in [0.15, 0.2) is 0 Å². The Labute approximate surface area is 370 Å². The van der Waals surface area contributed by atoms with E-state index in [0.717, 1.165) is 51.4 Å². The molecule has 0 saturated heterocycles. The van der Waals surface area contributed by atoms with Crippen LogP contribution in [0.1, 0.15) is 232 Å². The quantitative estimate of drug-likeness (QED) is 0.0207. The van der Waals surface area contributed by atoms with Crippen LogP contribution in [-0.4, -0.2) is 108 Å². The first-order valence-corrected chi connectivity index (χ1v) is 26.6. The maximum atomic E-state index is 13.0. The zero-order valence-corrected chi connectivity index (χ0v) is 39.5. The molecule has 0 aromatic carbocycles. The summed E-state index contributed by atoms with van der Waals surface area (Å²) in [5, 5.41) is 74.7. The van der Waals surface area contributed by atoms with Gasteiger partial charge < -0.3 is 46.0 Å². The normalized spacial score (nSPS) is 23.1. The van der Waals surface area contributed by atoms with Crippen molar-refractivity contribution in [2.24, 2.45) is 0 Å². The highest BCUT2D eigenvalue weighted by atomic mass is 31.2. The molecule has 8 unspecified atom stereocenters. The number of phosphoric acid groups is 1. The van der Waals surface area contributed by atoms with Gasteiger partial charge in [0.15, 0.2) is 0 Å². The number of rotatable bonds is 42. The molecular formula is C47H94NO12P. The molecule has 1 fully saturated rings. The van der Waals surface area contributed by atoms with Crippen molar-refractivity contribution < 1.29 is 59.0 Å². The summed E-state index contributed by atoms with van der Waals surface area (Å²) in [6, 6.07) is -1.15. The fourth-order valence-corrected chi connectivity index (χ4v) is 9.33. The van der Waals surface area contributed by atoms with Crippen molar-refractivity contribution >= 4 is 13.7 Å². The third-order valence-corrected chi connectivity index (χ3v) is 13.5. The third-order valence-electron chi connectivity index (χ3n) is 12.5. The molecule has 0 heterocycles. The molecule has 1 saturated carbocycles. The lowest BCUT2D eigenvalue weighted by Crippen LogP contribution is -2.64. The highest BCUT2D eigenvalue weighted by Crippen LogP contribution is 2.47. The van der Waals surface area contributed by atoms with Crippen LogP contribution in [0.2, 0.25) is 0 Å². The van der Waals surface area contributed by atoms with E-state index in [1.54, 1.807) is 0 Å². The Hall–Kier alpha value is -0.700. The predicted octanol–water partition coefficient (Wildman–Crippen LogP) is 8.82. The number of unbranched alkanes of at least 4 members (excludes halogenated alkanes) is 29. The SMILES string of the molecule is CCCCCCCCCCCCCCCCCCCCCC(O)C(COP(=O)(O)OC1C(O)C(O)C(O)C(O)C1O)NC(=O)CC(O)CCCCCCCCCCCCCC. The molecule has 1 rings (SSSR count). The van der Waals surface area contributed by atoms with Crippen LogP contribution in [0, 0.1) is 0 Å². The first kappa shape index (κ1) is 58.3. The van der Waals surface area contributed by atoms with Crippen molar-refractivity contribution in [3.8, 4) is 0 Å². The zero-order chi connectivity index (χ0) is 45.1. The smallest absolute Gasteiger partial charge is 0.393 e. The van der Waals surface area contributed by atoms with Crippen molar-refractivity contribution in [3.05, 3.63) is 0 Å². The standard InChI is InChI=1S/C47H94NO12P/c1-3-5-7-9-11-13-15-17-18-19-20-21-22-23-25-27-29-31-33-35-40(50)39(37-59-61(57,58)60-47-45(55)43(53)42(52)44(54)46(47)56)48-41(51)36-38(49)34-32-30-28-26-24-16-14-12-10-8-6-4-2/h38-40,42-47,49-50,52-56H,3-37H2,1-2H3,(H,48,51)(H,57,58). The van der Waals surface area contributed by atoms with Crippen molar-refractivity contribution in [2.75, 3.05) is 6.61 Å². The minimum Gasteiger partial charge on any atom is -0.393 e. The summed E-state index contributed by atoms with van der Waals surface area (Å²) in [6.07, 6.45) is 24.3. The molecule has 364 valence electrons. The van der Waals surface area contributed by atoms with Gasteiger partial charge in [-0.25, -0.2) is 4.57 Å². The van der Waals surface area contributed by atoms with Gasteiger partial charge in [0.1, 0.15) is 36.6 Å². The molecule has 14 heteroatoms. The number of carbonyl (C=O) groups excluding carboxylic acids is 1. The summed E-state index contributed by atoms with van der Waals surface area (Å²) in [7, 11) is -5.11. The Kier molecular flexibility index (Phi) is 35.9. The molecule has 13 nitrogen and oxygen atoms in total. The summed E-state index contributed by atoms with van der Waals surface area (Å²) >= 11 is 0. The molecule has 0 spiro atoms. The molecule has 0 aromatic heterocycles. The monoisotopic (exact) mass is 896 g/mol. The second-order valence-corrected chi connectivity index (χ2v) is 19.6. The van der Waals surface area contributed by atoms with E-state index in [9.17, 15) is 50.0 Å². The van der Waals surface area contributed by atoms with Crippen LogP contribution in [0.4, 0.5) is 0 Å². The maximum absolute atomic E-state index is 13.0. The molecule has 8 atom stereocenters. The summed E-state index contributed by atoms with van der Waals surface area (Å²) in [6.45, 7) is 3.81. The number of carbonyl (C=O) groups is 1. The van der Waals surface area contributed by atoms with Gasteiger partial charge in [-0.1, -0.05) is 213 Å². The Morgan fingerprint density at radius 2 is 0.820 bits per heavy atom. The van der Waals surface area contributed by atoms with Gasteiger partial charge >= 0.3 is 7.82 Å². The van der Waals surface area contributed by atoms with Gasteiger partial charge in [0.05, 0.1) is 31.3 Å². The molecule has 0 bridgehead atoms. The Balaban J connectivity index is 2.47. The molecule has 0 aromatic rings. The lowest BCUT2D eigenvalue weighted by atomic mass is 9.85. The molecule has 9 N–H and O–H groups in total. The van der Waals surface area contributed by atoms with Crippen LogP contribution in [0.5, 0.6) is 0 Å². The average Bonchev–Trinajstić information content (AvgIpc) is 3.23. The molecule has 1 aliphatic carbocycles. The minimum absolute atomic E-state index is 0.216. The van der Waals surface area contributed by atoms with Crippen molar-refractivity contribution in [1.29, 1.82) is 0 Å². The van der Waals surface area contributed by atoms with Gasteiger partial charge in [-0.3, -0.25) is 13.8 Å². The van der Waals surface area contributed by atoms with E-state index in [1.807, 2.05) is 0 Å². The van der Waals surface area contributed by atoms with E-state index in [-0.39, 0.29) is 12.8 Å². The lowest BCUT2D eigenvalue weighted by molar-refractivity contribution is -0.220. The van der Waals surface area contributed by atoms with Gasteiger partial charge in [-0.05, 0) is 12.8 Å². The van der Waals surface area contributed by atoms with Gasteiger partial charge in [0.2, 0.25) is 5.91 Å². The molecule has 0 aliphatic heterocycles. The van der Waals surface area contributed by atoms with Crippen molar-refractivity contribution in [2.45, 2.75) is 287 Å². The Morgan fingerprint density at radius 1 is 0.508 bits per heavy atom. The number of amides is 1. The van der Waals surface area contributed by atoms with Crippen molar-refractivity contribution in [1.82, 2.24) is 5.32 Å². The fourth-order valence-electron chi connectivity index (χ4n) is 8.36. The van der Waals surface area contributed by atoms with Gasteiger partial charge in [0.25, 0.3) is 0 Å². The molecule has 1 aliphatic rings. The maximum Gasteiger partial charge on any atom is 0.472 e. The highest BCUT2D eigenvalue weighted by Gasteiger charge is 2.51. The first-order valence-electron chi connectivity index (χ1n) is 25.1. The first-order chi connectivity index (χ1) is 29.3. The number of aliphatic hydroxyl groups excluding tert-OH is 7. The van der Waals surface area contributed by atoms with E-state index in [2.05, 4.69) is 19.2 Å². The van der Waals surface area contributed by atoms with Crippen LogP contribution in [0.3, 0.4) is 0 Å². The predicted molar refractivity (Wildman–Crippen MR) is 243 cm³/mol. The van der Waals surface area contributed by atoms with Crippen LogP contribution in [0.25, 0.3) is 0 Å².